The number of fused-ring (bicyclic) bond motifs is 2. The highest BCUT2D eigenvalue weighted by Crippen LogP contribution is 2.36. The zero-order chi connectivity index (χ0) is 11.0. The highest BCUT2D eigenvalue weighted by atomic mass is 16.7. The van der Waals surface area contributed by atoms with E-state index in [1.807, 2.05) is 0 Å². The smallest absolute Gasteiger partial charge is 0.224 e. The van der Waals surface area contributed by atoms with Crippen LogP contribution in [0, 0.1) is 0 Å². The van der Waals surface area contributed by atoms with E-state index in [9.17, 15) is 0 Å². The van der Waals surface area contributed by atoms with Crippen LogP contribution >= 0.6 is 0 Å². The van der Waals surface area contributed by atoms with Gasteiger partial charge in [0.1, 0.15) is 5.60 Å². The maximum absolute atomic E-state index is 5.82. The van der Waals surface area contributed by atoms with Crippen molar-refractivity contribution >= 4 is 5.88 Å². The second kappa shape index (κ2) is 3.73. The third kappa shape index (κ3) is 1.59. The predicted octanol–water partition coefficient (Wildman–Crippen LogP) is 0.319. The Kier molecular flexibility index (Phi) is 2.34. The molecule has 2 bridgehead atoms. The minimum absolute atomic E-state index is 0.107. The Morgan fingerprint density at radius 3 is 3.31 bits per heavy atom. The van der Waals surface area contributed by atoms with Crippen LogP contribution in [-0.2, 0) is 9.47 Å². The molecular formula is C10H15N3O3. The van der Waals surface area contributed by atoms with Gasteiger partial charge in [-0.1, -0.05) is 5.16 Å². The number of hydrogen-bond acceptors (Lipinski definition) is 6. The summed E-state index contributed by atoms with van der Waals surface area (Å²) in [5.41, 5.74) is 5.44. The third-order valence-corrected chi connectivity index (χ3v) is 3.25. The van der Waals surface area contributed by atoms with Gasteiger partial charge in [0, 0.05) is 12.6 Å². The molecule has 3 atom stereocenters. The first kappa shape index (κ1) is 10.1. The van der Waals surface area contributed by atoms with E-state index < -0.39 is 0 Å². The van der Waals surface area contributed by atoms with Crippen molar-refractivity contribution in [2.45, 2.75) is 30.8 Å². The number of nitrogens with zero attached hydrogens (tertiary/aromatic N) is 1. The predicted molar refractivity (Wildman–Crippen MR) is 55.8 cm³/mol. The van der Waals surface area contributed by atoms with Crippen molar-refractivity contribution in [1.82, 2.24) is 5.16 Å². The number of rotatable bonds is 3. The van der Waals surface area contributed by atoms with Crippen molar-refractivity contribution in [3.63, 3.8) is 0 Å². The number of aromatic nitrogens is 1. The zero-order valence-corrected chi connectivity index (χ0v) is 8.89. The molecule has 0 aliphatic carbocycles. The van der Waals surface area contributed by atoms with Gasteiger partial charge in [-0.25, -0.2) is 0 Å². The van der Waals surface area contributed by atoms with Gasteiger partial charge in [0.15, 0.2) is 6.29 Å². The third-order valence-electron chi connectivity index (χ3n) is 3.25. The van der Waals surface area contributed by atoms with Gasteiger partial charge in [-0.3, -0.25) is 0 Å². The van der Waals surface area contributed by atoms with Gasteiger partial charge < -0.3 is 25.0 Å². The summed E-state index contributed by atoms with van der Waals surface area (Å²) in [4.78, 5) is 0. The fraction of sp³-hybridized carbons (Fsp3) is 0.700. The van der Waals surface area contributed by atoms with Crippen molar-refractivity contribution in [1.29, 1.82) is 0 Å². The number of ether oxygens (including phenoxy) is 2. The van der Waals surface area contributed by atoms with E-state index >= 15 is 0 Å². The molecule has 3 rings (SSSR count). The van der Waals surface area contributed by atoms with Crippen molar-refractivity contribution in [2.75, 3.05) is 18.5 Å². The lowest BCUT2D eigenvalue weighted by atomic mass is 9.94. The number of nitrogens with two attached hydrogens (primary N) is 1. The van der Waals surface area contributed by atoms with Gasteiger partial charge in [-0.05, 0) is 12.8 Å². The zero-order valence-electron chi connectivity index (χ0n) is 8.89. The maximum atomic E-state index is 5.82. The van der Waals surface area contributed by atoms with E-state index in [0.29, 0.717) is 19.0 Å². The fourth-order valence-corrected chi connectivity index (χ4v) is 2.25. The highest BCUT2D eigenvalue weighted by molar-refractivity contribution is 5.30. The van der Waals surface area contributed by atoms with Gasteiger partial charge in [-0.15, -0.1) is 0 Å². The summed E-state index contributed by atoms with van der Waals surface area (Å²) in [6.07, 6.45) is 3.24. The first-order chi connectivity index (χ1) is 7.81. The summed E-state index contributed by atoms with van der Waals surface area (Å²) in [5.74, 6) is 0.643. The molecule has 0 saturated carbocycles. The van der Waals surface area contributed by atoms with Gasteiger partial charge >= 0.3 is 0 Å². The lowest BCUT2D eigenvalue weighted by Crippen LogP contribution is -2.48. The van der Waals surface area contributed by atoms with E-state index in [0.717, 1.165) is 12.8 Å². The maximum Gasteiger partial charge on any atom is 0.224 e. The molecule has 2 fully saturated rings. The molecule has 0 amide bonds. The van der Waals surface area contributed by atoms with Crippen LogP contribution in [0.4, 0.5) is 5.88 Å². The molecule has 1 aromatic heterocycles. The second-order valence-electron chi connectivity index (χ2n) is 4.35. The summed E-state index contributed by atoms with van der Waals surface area (Å²) in [6, 6.07) is 1.88. The quantitative estimate of drug-likeness (QED) is 0.770. The first-order valence-electron chi connectivity index (χ1n) is 5.48. The van der Waals surface area contributed by atoms with Crippen LogP contribution in [0.5, 0.6) is 0 Å². The summed E-state index contributed by atoms with van der Waals surface area (Å²) in [6.45, 7) is 1.10. The average molecular weight is 225 g/mol. The van der Waals surface area contributed by atoms with E-state index in [-0.39, 0.29) is 17.9 Å². The van der Waals surface area contributed by atoms with Gasteiger partial charge in [0.05, 0.1) is 18.8 Å². The van der Waals surface area contributed by atoms with Crippen molar-refractivity contribution < 1.29 is 14.0 Å². The van der Waals surface area contributed by atoms with E-state index in [1.54, 1.807) is 12.3 Å². The Balaban J connectivity index is 1.67. The van der Waals surface area contributed by atoms with Crippen LogP contribution in [0.15, 0.2) is 16.8 Å². The Morgan fingerprint density at radius 1 is 1.62 bits per heavy atom. The molecule has 16 heavy (non-hydrogen) atoms. The molecule has 0 aromatic carbocycles. The number of anilines is 1. The summed E-state index contributed by atoms with van der Waals surface area (Å²) in [5, 5.41) is 6.85. The van der Waals surface area contributed by atoms with Gasteiger partial charge in [-0.2, -0.15) is 0 Å². The molecule has 6 heteroatoms. The summed E-state index contributed by atoms with van der Waals surface area (Å²) >= 11 is 0. The molecule has 3 N–H and O–H groups in total. The fourth-order valence-electron chi connectivity index (χ4n) is 2.25. The monoisotopic (exact) mass is 225 g/mol. The largest absolute Gasteiger partial charge is 0.347 e. The molecule has 2 saturated heterocycles. The standard InChI is InChI=1S/C10H15N3O3/c11-5-10-3-1-7(9(15-10)14-6-10)13-8-2-4-12-16-8/h2,4,7,9,13H,1,3,5-6,11H2/t7-,9?,10+/m1/s1. The molecule has 2 aliphatic heterocycles. The molecule has 0 radical (unpaired) electrons. The van der Waals surface area contributed by atoms with Crippen molar-refractivity contribution in [3.8, 4) is 0 Å². The summed E-state index contributed by atoms with van der Waals surface area (Å²) < 4.78 is 16.4. The topological polar surface area (TPSA) is 82.5 Å². The van der Waals surface area contributed by atoms with E-state index in [4.69, 9.17) is 19.7 Å². The number of hydrogen-bond donors (Lipinski definition) is 2. The minimum Gasteiger partial charge on any atom is -0.347 e. The molecular weight excluding hydrogens is 210 g/mol. The molecule has 0 spiro atoms. The van der Waals surface area contributed by atoms with Crippen LogP contribution in [0.1, 0.15) is 12.8 Å². The van der Waals surface area contributed by atoms with Crippen molar-refractivity contribution in [2.24, 2.45) is 5.73 Å². The SMILES string of the molecule is NC[C@@]12CC[C@@H](Nc3ccno3)C(OC1)O2. The van der Waals surface area contributed by atoms with E-state index in [1.165, 1.54) is 0 Å². The van der Waals surface area contributed by atoms with Crippen LogP contribution in [0.3, 0.4) is 0 Å². The molecule has 3 heterocycles. The molecule has 1 aromatic rings. The average Bonchev–Trinajstić information content (AvgIpc) is 2.91. The number of nitrogens with one attached hydrogen (secondary N) is 1. The van der Waals surface area contributed by atoms with Gasteiger partial charge in [0.25, 0.3) is 0 Å². The molecule has 2 aliphatic rings. The van der Waals surface area contributed by atoms with E-state index in [2.05, 4.69) is 10.5 Å². The highest BCUT2D eigenvalue weighted by Gasteiger charge is 2.48. The molecule has 6 nitrogen and oxygen atoms in total. The Labute approximate surface area is 93.1 Å². The normalized spacial score (nSPS) is 37.6. The second-order valence-corrected chi connectivity index (χ2v) is 4.35. The molecule has 1 unspecified atom stereocenters. The van der Waals surface area contributed by atoms with Crippen molar-refractivity contribution in [3.05, 3.63) is 12.3 Å². The molecule has 88 valence electrons. The lowest BCUT2D eigenvalue weighted by Gasteiger charge is -2.34. The first-order valence-corrected chi connectivity index (χ1v) is 5.48. The minimum atomic E-state index is -0.260. The Bertz CT molecular complexity index is 356. The lowest BCUT2D eigenvalue weighted by molar-refractivity contribution is -0.123. The Morgan fingerprint density at radius 2 is 2.56 bits per heavy atom. The van der Waals surface area contributed by atoms with Crippen LogP contribution in [-0.4, -0.2) is 36.2 Å². The van der Waals surface area contributed by atoms with Crippen LogP contribution in [0.25, 0.3) is 0 Å². The van der Waals surface area contributed by atoms with Crippen LogP contribution in [0.2, 0.25) is 0 Å². The van der Waals surface area contributed by atoms with Crippen LogP contribution < -0.4 is 11.1 Å². The van der Waals surface area contributed by atoms with Gasteiger partial charge in [0.2, 0.25) is 5.88 Å². The Hall–Kier alpha value is -1.11. The summed E-state index contributed by atoms with van der Waals surface area (Å²) in [7, 11) is 0.